The van der Waals surface area contributed by atoms with Crippen LogP contribution in [0.3, 0.4) is 0 Å². The van der Waals surface area contributed by atoms with Crippen LogP contribution in [-0.4, -0.2) is 15.4 Å². The number of carbonyl (C=O) groups excluding carboxylic acids is 1. The maximum Gasteiger partial charge on any atom is 4.00 e. The van der Waals surface area contributed by atoms with Gasteiger partial charge in [0.15, 0.2) is 0 Å². The Bertz CT molecular complexity index is 490. The molecular weight excluding hydrogens is 436 g/mol. The molecule has 0 spiro atoms. The van der Waals surface area contributed by atoms with Crippen LogP contribution in [0.5, 0.6) is 0 Å². The maximum absolute atomic E-state index is 10.8. The molecule has 0 atom stereocenters. The second-order valence-electron chi connectivity index (χ2n) is 5.66. The van der Waals surface area contributed by atoms with Gasteiger partial charge in [-0.2, -0.15) is 6.08 Å². The molecular formula is C18H25Cl2NOSiZr. The molecule has 0 bridgehead atoms. The van der Waals surface area contributed by atoms with Crippen molar-refractivity contribution in [1.29, 1.82) is 0 Å². The number of rotatable bonds is 1. The molecule has 1 aliphatic rings. The van der Waals surface area contributed by atoms with Gasteiger partial charge in [0, 0.05) is 9.52 Å². The summed E-state index contributed by atoms with van der Waals surface area (Å²) in [5.41, 5.74) is 8.57. The average Bonchev–Trinajstić information content (AvgIpc) is 2.98. The summed E-state index contributed by atoms with van der Waals surface area (Å²) in [5.74, 6) is -0.619. The molecule has 24 heavy (non-hydrogen) atoms. The van der Waals surface area contributed by atoms with E-state index < -0.39 is 5.91 Å². The normalized spacial score (nSPS) is 10.5. The number of hydrogen-bond acceptors (Lipinski definition) is 1. The molecule has 2 nitrogen and oxygen atoms in total. The number of nitrogens with one attached hydrogen (secondary N) is 1. The molecule has 0 aromatic heterocycles. The van der Waals surface area contributed by atoms with Crippen LogP contribution in [0.2, 0.25) is 13.1 Å². The largest absolute Gasteiger partial charge is 4.00 e. The molecule has 2 radical (unpaired) electrons. The van der Waals surface area contributed by atoms with Crippen LogP contribution >= 0.6 is 0 Å². The van der Waals surface area contributed by atoms with Gasteiger partial charge in [0.2, 0.25) is 0 Å². The smallest absolute Gasteiger partial charge is 1.00 e. The van der Waals surface area contributed by atoms with Crippen molar-refractivity contribution in [1.82, 2.24) is 0 Å². The standard InChI is InChI=1S/C11H15NO.C5H5.C2H6Si.2ClH.Zr/c1-11(2,3)9-6-4-5-8(7-9)10(12)13;1-2-4-5-3-1;1-3-2;;;/h4-7H,1-3H3,(H2,12,13);1-3H,4H2;1-2H3;2*1H;/q;-1;;;;+4/p-3. The molecule has 0 saturated heterocycles. The van der Waals surface area contributed by atoms with Crippen LogP contribution in [0.4, 0.5) is 0 Å². The Morgan fingerprint density at radius 2 is 1.75 bits per heavy atom. The van der Waals surface area contributed by atoms with Crippen molar-refractivity contribution in [2.45, 2.75) is 45.7 Å². The topological polar surface area (TPSA) is 40.9 Å². The molecule has 0 heterocycles. The summed E-state index contributed by atoms with van der Waals surface area (Å²) in [7, 11) is 1.08. The molecule has 0 unspecified atom stereocenters. The van der Waals surface area contributed by atoms with E-state index in [2.05, 4.69) is 46.0 Å². The van der Waals surface area contributed by atoms with E-state index in [0.29, 0.717) is 5.56 Å². The molecule has 1 aromatic carbocycles. The fraction of sp³-hybridized carbons (Fsp3) is 0.389. The monoisotopic (exact) mass is 459 g/mol. The van der Waals surface area contributed by atoms with E-state index in [1.807, 2.05) is 24.3 Å². The second-order valence-corrected chi connectivity index (χ2v) is 6.66. The fourth-order valence-corrected chi connectivity index (χ4v) is 1.47. The molecule has 0 saturated carbocycles. The van der Waals surface area contributed by atoms with Gasteiger partial charge >= 0.3 is 26.2 Å². The van der Waals surface area contributed by atoms with Crippen LogP contribution in [0.15, 0.2) is 42.5 Å². The minimum absolute atomic E-state index is 0. The zero-order valence-corrected chi connectivity index (χ0v) is 19.9. The predicted octanol–water partition coefficient (Wildman–Crippen LogP) is -0.726. The summed E-state index contributed by atoms with van der Waals surface area (Å²) < 4.78 is 0. The van der Waals surface area contributed by atoms with E-state index in [0.717, 1.165) is 21.5 Å². The first-order valence-corrected chi connectivity index (χ1v) is 8.99. The Balaban J connectivity index is -0.000000154. The summed E-state index contributed by atoms with van der Waals surface area (Å²) in [5, 5.41) is 0. The molecule has 6 heteroatoms. The van der Waals surface area contributed by atoms with Crippen LogP contribution < -0.4 is 24.8 Å². The van der Waals surface area contributed by atoms with Gasteiger partial charge in [0.05, 0.1) is 5.91 Å². The van der Waals surface area contributed by atoms with Gasteiger partial charge in [-0.25, -0.2) is 12.2 Å². The van der Waals surface area contributed by atoms with Gasteiger partial charge in [0.25, 0.3) is 0 Å². The number of hydrogen-bond donors (Lipinski definition) is 0. The van der Waals surface area contributed by atoms with Crippen LogP contribution in [0, 0.1) is 6.08 Å². The first kappa shape index (κ1) is 31.6. The molecule has 2 rings (SSSR count). The SMILES string of the molecule is CC(C)(C)c1cccc(C([NH-])=O)c1.C[Si]C.[C-]1=CC=CC1.[Cl-].[Cl-].[Zr+4]. The molecule has 0 aliphatic heterocycles. The molecule has 130 valence electrons. The molecule has 1 amide bonds. The van der Waals surface area contributed by atoms with Crippen molar-refractivity contribution in [3.63, 3.8) is 0 Å². The van der Waals surface area contributed by atoms with Crippen LogP contribution in [0.1, 0.15) is 43.1 Å². The Labute approximate surface area is 181 Å². The van der Waals surface area contributed by atoms with E-state index in [9.17, 15) is 4.79 Å². The Morgan fingerprint density at radius 3 is 2.04 bits per heavy atom. The van der Waals surface area contributed by atoms with E-state index >= 15 is 0 Å². The number of benzene rings is 1. The Morgan fingerprint density at radius 1 is 1.21 bits per heavy atom. The zero-order valence-electron chi connectivity index (χ0n) is 14.9. The Kier molecular flexibility index (Phi) is 23.3. The summed E-state index contributed by atoms with van der Waals surface area (Å²) in [6.45, 7) is 10.6. The molecule has 1 aliphatic carbocycles. The van der Waals surface area contributed by atoms with E-state index in [1.54, 1.807) is 12.1 Å². The van der Waals surface area contributed by atoms with Crippen LogP contribution in [0.25, 0.3) is 5.73 Å². The van der Waals surface area contributed by atoms with Gasteiger partial charge in [-0.15, -0.1) is 6.42 Å². The first-order valence-electron chi connectivity index (χ1n) is 6.99. The summed E-state index contributed by atoms with van der Waals surface area (Å²) in [6, 6.07) is 7.26. The van der Waals surface area contributed by atoms with E-state index in [-0.39, 0.29) is 56.4 Å². The summed E-state index contributed by atoms with van der Waals surface area (Å²) in [6.07, 6.45) is 10.0. The predicted molar refractivity (Wildman–Crippen MR) is 92.8 cm³/mol. The van der Waals surface area contributed by atoms with Crippen molar-refractivity contribution in [3.05, 3.63) is 65.4 Å². The average molecular weight is 462 g/mol. The minimum atomic E-state index is -0.619. The number of amides is 1. The van der Waals surface area contributed by atoms with Gasteiger partial charge in [0.1, 0.15) is 0 Å². The summed E-state index contributed by atoms with van der Waals surface area (Å²) >= 11 is 0. The molecule has 0 fully saturated rings. The third-order valence-electron chi connectivity index (χ3n) is 2.58. The Hall–Kier alpha value is -0.150. The van der Waals surface area contributed by atoms with Gasteiger partial charge in [-0.3, -0.25) is 6.08 Å². The quantitative estimate of drug-likeness (QED) is 0.402. The van der Waals surface area contributed by atoms with E-state index in [1.165, 1.54) is 0 Å². The number of carbonyl (C=O) groups is 1. The van der Waals surface area contributed by atoms with E-state index in [4.69, 9.17) is 5.73 Å². The van der Waals surface area contributed by atoms with Crippen LogP contribution in [-0.2, 0) is 31.6 Å². The third kappa shape index (κ3) is 15.4. The van der Waals surface area contributed by atoms with Gasteiger partial charge in [-0.05, 0) is 22.6 Å². The first-order chi connectivity index (χ1) is 9.82. The second kappa shape index (κ2) is 17.7. The summed E-state index contributed by atoms with van der Waals surface area (Å²) in [4.78, 5) is 10.8. The number of halogens is 2. The minimum Gasteiger partial charge on any atom is -1.00 e. The third-order valence-corrected chi connectivity index (χ3v) is 2.58. The van der Waals surface area contributed by atoms with Gasteiger partial charge in [-0.1, -0.05) is 52.1 Å². The van der Waals surface area contributed by atoms with Crippen molar-refractivity contribution >= 4 is 15.4 Å². The van der Waals surface area contributed by atoms with Crippen molar-refractivity contribution < 1.29 is 55.8 Å². The van der Waals surface area contributed by atoms with Gasteiger partial charge < -0.3 is 35.3 Å². The zero-order chi connectivity index (χ0) is 16.3. The molecule has 1 N–H and O–H groups in total. The number of allylic oxidation sites excluding steroid dienone is 4. The molecule has 1 aromatic rings. The maximum atomic E-state index is 10.8. The fourth-order valence-electron chi connectivity index (χ4n) is 1.47. The van der Waals surface area contributed by atoms with Crippen molar-refractivity contribution in [2.75, 3.05) is 0 Å². The van der Waals surface area contributed by atoms with Crippen molar-refractivity contribution in [2.24, 2.45) is 0 Å². The van der Waals surface area contributed by atoms with Crippen molar-refractivity contribution in [3.8, 4) is 0 Å².